The average Bonchev–Trinajstić information content (AvgIpc) is 2.93. The number of aryl methyl sites for hydroxylation is 1. The molecule has 0 aliphatic carbocycles. The van der Waals surface area contributed by atoms with Crippen molar-refractivity contribution >= 4 is 37.8 Å². The number of aliphatic hydroxyl groups excluding tert-OH is 1. The third kappa shape index (κ3) is 3.95. The van der Waals surface area contributed by atoms with Gasteiger partial charge in [-0.2, -0.15) is 0 Å². The fraction of sp³-hybridized carbons (Fsp3) is 0.412. The summed E-state index contributed by atoms with van der Waals surface area (Å²) in [6.07, 6.45) is 3.04. The first kappa shape index (κ1) is 18.6. The molecule has 0 unspecified atom stereocenters. The van der Waals surface area contributed by atoms with Crippen molar-refractivity contribution in [2.24, 2.45) is 0 Å². The Morgan fingerprint density at radius 2 is 2.00 bits per heavy atom. The molecule has 0 aliphatic rings. The number of para-hydroxylation sites is 1. The molecule has 1 aromatic carbocycles. The number of imidazole rings is 1. The van der Waals surface area contributed by atoms with Gasteiger partial charge < -0.3 is 15.4 Å². The van der Waals surface area contributed by atoms with Crippen molar-refractivity contribution in [1.82, 2.24) is 19.3 Å². The van der Waals surface area contributed by atoms with Gasteiger partial charge in [-0.15, -0.1) is 0 Å². The van der Waals surface area contributed by atoms with Crippen LogP contribution in [-0.4, -0.2) is 47.5 Å². The quantitative estimate of drug-likeness (QED) is 0.504. The van der Waals surface area contributed by atoms with Crippen LogP contribution >= 0.6 is 0 Å². The molecule has 4 N–H and O–H groups in total. The summed E-state index contributed by atoms with van der Waals surface area (Å²) in [5.74, 6) is 1.12. The average molecular weight is 377 g/mol. The van der Waals surface area contributed by atoms with Gasteiger partial charge in [-0.05, 0) is 18.9 Å². The number of aromatic nitrogens is 3. The van der Waals surface area contributed by atoms with E-state index in [9.17, 15) is 13.5 Å². The number of hydrogen-bond donors (Lipinski definition) is 3. The highest BCUT2D eigenvalue weighted by molar-refractivity contribution is 7.88. The predicted octanol–water partition coefficient (Wildman–Crippen LogP) is 1.03. The maximum atomic E-state index is 11.1. The number of fused-ring (bicyclic) bond motifs is 3. The van der Waals surface area contributed by atoms with Crippen LogP contribution < -0.4 is 10.5 Å². The molecule has 0 fully saturated rings. The van der Waals surface area contributed by atoms with E-state index >= 15 is 0 Å². The molecule has 3 rings (SSSR count). The van der Waals surface area contributed by atoms with Crippen LogP contribution in [0.3, 0.4) is 0 Å². The number of hydrogen-bond acceptors (Lipinski definition) is 6. The molecule has 3 aromatic rings. The summed E-state index contributed by atoms with van der Waals surface area (Å²) >= 11 is 0. The van der Waals surface area contributed by atoms with Crippen molar-refractivity contribution in [1.29, 1.82) is 0 Å². The number of anilines is 1. The maximum Gasteiger partial charge on any atom is 0.208 e. The molecular formula is C17H23N5O3S. The van der Waals surface area contributed by atoms with Crippen molar-refractivity contribution in [2.75, 3.05) is 25.1 Å². The first-order valence-electron chi connectivity index (χ1n) is 8.49. The number of rotatable bonds is 8. The number of pyridine rings is 1. The Kier molecular flexibility index (Phi) is 5.40. The third-order valence-electron chi connectivity index (χ3n) is 4.20. The van der Waals surface area contributed by atoms with Crippen LogP contribution in [-0.2, 0) is 23.0 Å². The zero-order valence-corrected chi connectivity index (χ0v) is 15.5. The minimum Gasteiger partial charge on any atom is -0.396 e. The topological polar surface area (TPSA) is 123 Å². The molecule has 0 atom stereocenters. The van der Waals surface area contributed by atoms with Crippen molar-refractivity contribution in [3.05, 3.63) is 30.1 Å². The smallest absolute Gasteiger partial charge is 0.208 e. The molecule has 140 valence electrons. The maximum absolute atomic E-state index is 11.1. The fourth-order valence-corrected chi connectivity index (χ4v) is 3.60. The molecule has 9 heteroatoms. The second kappa shape index (κ2) is 7.56. The minimum absolute atomic E-state index is 0.00970. The lowest BCUT2D eigenvalue weighted by Gasteiger charge is -2.10. The summed E-state index contributed by atoms with van der Waals surface area (Å²) in [6.45, 7) is 1.04. The Hall–Kier alpha value is -2.23. The van der Waals surface area contributed by atoms with Crippen LogP contribution in [0.1, 0.15) is 18.7 Å². The van der Waals surface area contributed by atoms with Crippen LogP contribution in [0.2, 0.25) is 0 Å². The van der Waals surface area contributed by atoms with Gasteiger partial charge in [0.1, 0.15) is 11.3 Å². The van der Waals surface area contributed by atoms with E-state index in [1.165, 1.54) is 0 Å². The van der Waals surface area contributed by atoms with Gasteiger partial charge in [0.05, 0.1) is 23.9 Å². The Morgan fingerprint density at radius 3 is 2.73 bits per heavy atom. The summed E-state index contributed by atoms with van der Waals surface area (Å²) < 4.78 is 26.8. The molecule has 0 saturated carbocycles. The number of nitrogens with one attached hydrogen (secondary N) is 1. The Balaban J connectivity index is 1.95. The van der Waals surface area contributed by atoms with Gasteiger partial charge in [0, 0.05) is 24.9 Å². The van der Waals surface area contributed by atoms with Gasteiger partial charge in [0.2, 0.25) is 10.0 Å². The summed E-state index contributed by atoms with van der Waals surface area (Å²) in [4.78, 5) is 9.01. The Morgan fingerprint density at radius 1 is 1.23 bits per heavy atom. The van der Waals surface area contributed by atoms with Crippen LogP contribution in [0.4, 0.5) is 5.82 Å². The minimum atomic E-state index is -3.17. The monoisotopic (exact) mass is 377 g/mol. The van der Waals surface area contributed by atoms with Crippen molar-refractivity contribution in [3.8, 4) is 0 Å². The molecule has 2 aromatic heterocycles. The highest BCUT2D eigenvalue weighted by Crippen LogP contribution is 2.29. The number of nitrogens with zero attached hydrogens (tertiary/aromatic N) is 3. The van der Waals surface area contributed by atoms with E-state index < -0.39 is 10.0 Å². The van der Waals surface area contributed by atoms with Crippen LogP contribution in [0, 0.1) is 0 Å². The molecule has 0 bridgehead atoms. The molecule has 0 aliphatic heterocycles. The largest absolute Gasteiger partial charge is 0.396 e. The number of sulfonamides is 1. The molecule has 26 heavy (non-hydrogen) atoms. The summed E-state index contributed by atoms with van der Waals surface area (Å²) in [6, 6.07) is 7.74. The number of unbranched alkanes of at least 4 members (excludes halogenated alkanes) is 1. The van der Waals surface area contributed by atoms with E-state index in [1.807, 2.05) is 24.3 Å². The zero-order chi connectivity index (χ0) is 18.7. The zero-order valence-electron chi connectivity index (χ0n) is 14.6. The molecule has 0 saturated heterocycles. The summed E-state index contributed by atoms with van der Waals surface area (Å²) in [7, 11) is -3.17. The Bertz CT molecular complexity index is 1030. The highest BCUT2D eigenvalue weighted by atomic mass is 32.2. The van der Waals surface area contributed by atoms with Crippen molar-refractivity contribution in [2.45, 2.75) is 25.8 Å². The van der Waals surface area contributed by atoms with Crippen molar-refractivity contribution in [3.63, 3.8) is 0 Å². The van der Waals surface area contributed by atoms with Gasteiger partial charge in [-0.25, -0.2) is 23.1 Å². The number of aliphatic hydroxyl groups is 1. The predicted molar refractivity (Wildman–Crippen MR) is 102 cm³/mol. The van der Waals surface area contributed by atoms with Crippen molar-refractivity contribution < 1.29 is 13.5 Å². The first-order chi connectivity index (χ1) is 12.4. The first-order valence-corrected chi connectivity index (χ1v) is 10.4. The number of nitrogen functional groups attached to an aromatic ring is 1. The van der Waals surface area contributed by atoms with Gasteiger partial charge in [-0.3, -0.25) is 0 Å². The van der Waals surface area contributed by atoms with E-state index in [1.54, 1.807) is 0 Å². The molecule has 8 nitrogen and oxygen atoms in total. The van der Waals surface area contributed by atoms with Gasteiger partial charge in [0.15, 0.2) is 5.82 Å². The normalized spacial score (nSPS) is 12.2. The van der Waals surface area contributed by atoms with E-state index in [2.05, 4.69) is 19.3 Å². The standard InChI is InChI=1S/C17H23N5O3S/c1-26(24,25)19-9-4-5-10-22-14(8-11-23)21-15-16(22)12-6-2-3-7-13(12)20-17(15)18/h2-3,6-7,19,23H,4-5,8-11H2,1H3,(H2,18,20). The van der Waals surface area contributed by atoms with Crippen LogP contribution in [0.25, 0.3) is 21.9 Å². The third-order valence-corrected chi connectivity index (χ3v) is 4.93. The van der Waals surface area contributed by atoms with E-state index in [0.29, 0.717) is 37.3 Å². The van der Waals surface area contributed by atoms with E-state index in [-0.39, 0.29) is 6.61 Å². The lowest BCUT2D eigenvalue weighted by molar-refractivity contribution is 0.294. The number of nitrogens with two attached hydrogens (primary N) is 1. The molecule has 0 radical (unpaired) electrons. The molecular weight excluding hydrogens is 354 g/mol. The highest BCUT2D eigenvalue weighted by Gasteiger charge is 2.16. The van der Waals surface area contributed by atoms with Crippen LogP contribution in [0.15, 0.2) is 24.3 Å². The summed E-state index contributed by atoms with van der Waals surface area (Å²) in [5.41, 5.74) is 8.45. The summed E-state index contributed by atoms with van der Waals surface area (Å²) in [5, 5.41) is 10.3. The lowest BCUT2D eigenvalue weighted by Crippen LogP contribution is -2.23. The van der Waals surface area contributed by atoms with Crippen LogP contribution in [0.5, 0.6) is 0 Å². The van der Waals surface area contributed by atoms with E-state index in [0.717, 1.165) is 34.9 Å². The van der Waals surface area contributed by atoms with Gasteiger partial charge in [0.25, 0.3) is 0 Å². The second-order valence-corrected chi connectivity index (χ2v) is 8.07. The molecule has 0 spiro atoms. The van der Waals surface area contributed by atoms with Gasteiger partial charge in [-0.1, -0.05) is 18.2 Å². The molecule has 2 heterocycles. The SMILES string of the molecule is CS(=O)(=O)NCCCCn1c(CCO)nc2c(N)nc3ccccc3c21. The number of benzene rings is 1. The second-order valence-electron chi connectivity index (χ2n) is 6.24. The van der Waals surface area contributed by atoms with E-state index in [4.69, 9.17) is 5.73 Å². The fourth-order valence-electron chi connectivity index (χ4n) is 3.09. The lowest BCUT2D eigenvalue weighted by atomic mass is 10.2. The molecule has 0 amide bonds. The Labute approximate surface area is 152 Å². The van der Waals surface area contributed by atoms with Gasteiger partial charge >= 0.3 is 0 Å².